The van der Waals surface area contributed by atoms with Crippen molar-refractivity contribution in [2.24, 2.45) is 0 Å². The molecule has 162 valence electrons. The van der Waals surface area contributed by atoms with E-state index >= 15 is 0 Å². The van der Waals surface area contributed by atoms with Crippen molar-refractivity contribution >= 4 is 23.2 Å². The van der Waals surface area contributed by atoms with Gasteiger partial charge in [-0.1, -0.05) is 48.2 Å². The molecule has 0 unspecified atom stereocenters. The van der Waals surface area contributed by atoms with Gasteiger partial charge in [-0.2, -0.15) is 0 Å². The lowest BCUT2D eigenvalue weighted by molar-refractivity contribution is 0.101. The van der Waals surface area contributed by atoms with E-state index in [9.17, 15) is 9.59 Å². The molecule has 4 rings (SSSR count). The molecule has 0 bridgehead atoms. The predicted molar refractivity (Wildman–Crippen MR) is 135 cm³/mol. The lowest BCUT2D eigenvalue weighted by Gasteiger charge is -2.04. The summed E-state index contributed by atoms with van der Waals surface area (Å²) in [5.41, 5.74) is 4.12. The van der Waals surface area contributed by atoms with Crippen LogP contribution in [0.4, 0.5) is 11.4 Å². The van der Waals surface area contributed by atoms with Crippen LogP contribution < -0.4 is 10.6 Å². The molecule has 0 aliphatic heterocycles. The van der Waals surface area contributed by atoms with Gasteiger partial charge in [0.25, 0.3) is 11.8 Å². The molecule has 0 heterocycles. The van der Waals surface area contributed by atoms with Crippen LogP contribution in [0.3, 0.4) is 0 Å². The Morgan fingerprint density at radius 1 is 0.471 bits per heavy atom. The van der Waals surface area contributed by atoms with E-state index in [0.29, 0.717) is 11.1 Å². The van der Waals surface area contributed by atoms with Crippen LogP contribution in [-0.4, -0.2) is 11.8 Å². The molecule has 0 aliphatic rings. The summed E-state index contributed by atoms with van der Waals surface area (Å²) in [6, 6.07) is 32.7. The lowest BCUT2D eigenvalue weighted by Crippen LogP contribution is -2.11. The number of nitrogens with one attached hydrogen (secondary N) is 2. The zero-order valence-corrected chi connectivity index (χ0v) is 18.2. The van der Waals surface area contributed by atoms with Crippen molar-refractivity contribution in [1.82, 2.24) is 0 Å². The van der Waals surface area contributed by atoms with Crippen LogP contribution in [0.1, 0.15) is 31.8 Å². The lowest BCUT2D eigenvalue weighted by atomic mass is 10.1. The van der Waals surface area contributed by atoms with Crippen molar-refractivity contribution in [2.45, 2.75) is 0 Å². The van der Waals surface area contributed by atoms with Crippen LogP contribution in [-0.2, 0) is 0 Å². The van der Waals surface area contributed by atoms with Crippen molar-refractivity contribution in [3.8, 4) is 23.7 Å². The van der Waals surface area contributed by atoms with Gasteiger partial charge >= 0.3 is 0 Å². The Bertz CT molecular complexity index is 1290. The third kappa shape index (κ3) is 6.23. The van der Waals surface area contributed by atoms with E-state index in [0.717, 1.165) is 22.5 Å². The molecule has 4 aromatic rings. The smallest absolute Gasteiger partial charge is 0.255 e. The van der Waals surface area contributed by atoms with Crippen LogP contribution in [0, 0.1) is 23.7 Å². The van der Waals surface area contributed by atoms with Crippen molar-refractivity contribution in [2.75, 3.05) is 10.6 Å². The topological polar surface area (TPSA) is 58.2 Å². The summed E-state index contributed by atoms with van der Waals surface area (Å²) in [6.07, 6.45) is 0. The zero-order valence-electron chi connectivity index (χ0n) is 18.2. The Labute approximate surface area is 198 Å². The number of amides is 2. The minimum atomic E-state index is -0.175. The normalized spacial score (nSPS) is 9.53. The van der Waals surface area contributed by atoms with Gasteiger partial charge in [0.15, 0.2) is 0 Å². The maximum Gasteiger partial charge on any atom is 0.255 e. The molecule has 0 aliphatic carbocycles. The van der Waals surface area contributed by atoms with Gasteiger partial charge in [0.2, 0.25) is 0 Å². The van der Waals surface area contributed by atoms with Gasteiger partial charge in [0, 0.05) is 33.6 Å². The van der Waals surface area contributed by atoms with Crippen LogP contribution in [0.5, 0.6) is 0 Å². The van der Waals surface area contributed by atoms with E-state index < -0.39 is 0 Å². The molecule has 2 amide bonds. The van der Waals surface area contributed by atoms with E-state index in [1.165, 1.54) is 0 Å². The molecule has 2 N–H and O–H groups in total. The fraction of sp³-hybridized carbons (Fsp3) is 0. The molecule has 0 spiro atoms. The molecule has 0 radical (unpaired) electrons. The van der Waals surface area contributed by atoms with E-state index in [2.05, 4.69) is 34.3 Å². The Hall–Kier alpha value is -5.06. The average molecular weight is 441 g/mol. The summed E-state index contributed by atoms with van der Waals surface area (Å²) in [5, 5.41) is 5.70. The molecular weight excluding hydrogens is 420 g/mol. The fourth-order valence-electron chi connectivity index (χ4n) is 3.07. The molecule has 4 nitrogen and oxygen atoms in total. The summed E-state index contributed by atoms with van der Waals surface area (Å²) in [4.78, 5) is 24.6. The zero-order chi connectivity index (χ0) is 23.6. The number of anilines is 2. The van der Waals surface area contributed by atoms with Crippen LogP contribution >= 0.6 is 0 Å². The summed E-state index contributed by atoms with van der Waals surface area (Å²) in [6.45, 7) is 0. The van der Waals surface area contributed by atoms with Crippen molar-refractivity contribution in [3.05, 3.63) is 131 Å². The molecule has 0 aromatic heterocycles. The molecule has 0 saturated carbocycles. The van der Waals surface area contributed by atoms with Crippen molar-refractivity contribution in [1.29, 1.82) is 0 Å². The van der Waals surface area contributed by atoms with E-state index in [-0.39, 0.29) is 11.8 Å². The van der Waals surface area contributed by atoms with Crippen LogP contribution in [0.25, 0.3) is 0 Å². The number of carbonyl (C=O) groups excluding carboxylic acids is 2. The third-order valence-corrected chi connectivity index (χ3v) is 4.83. The third-order valence-electron chi connectivity index (χ3n) is 4.83. The van der Waals surface area contributed by atoms with E-state index in [1.54, 1.807) is 48.5 Å². The van der Waals surface area contributed by atoms with E-state index in [1.807, 2.05) is 60.7 Å². The Balaban J connectivity index is 1.33. The Morgan fingerprint density at radius 3 is 1.18 bits per heavy atom. The van der Waals surface area contributed by atoms with Gasteiger partial charge in [-0.15, -0.1) is 0 Å². The van der Waals surface area contributed by atoms with Crippen molar-refractivity contribution < 1.29 is 9.59 Å². The number of carbonyl (C=O) groups is 2. The van der Waals surface area contributed by atoms with E-state index in [4.69, 9.17) is 0 Å². The SMILES string of the molecule is O=C(Nc1ccccc1)c1ccc(C#CC#Cc2ccc(C(=O)Nc3ccccc3)cc2)cc1. The fourth-order valence-corrected chi connectivity index (χ4v) is 3.07. The average Bonchev–Trinajstić information content (AvgIpc) is 2.88. The highest BCUT2D eigenvalue weighted by Crippen LogP contribution is 2.11. The quantitative estimate of drug-likeness (QED) is 0.406. The first-order valence-electron chi connectivity index (χ1n) is 10.6. The summed E-state index contributed by atoms with van der Waals surface area (Å²) in [5.74, 6) is 11.2. The molecule has 0 atom stereocenters. The molecular formula is C30H20N2O2. The standard InChI is InChI=1S/C30H20N2O2/c33-29(31-27-11-3-1-4-12-27)25-19-15-23(16-20-25)9-7-8-10-24-17-21-26(22-18-24)30(34)32-28-13-5-2-6-14-28/h1-6,11-22H,(H,31,33)(H,32,34). The first-order valence-corrected chi connectivity index (χ1v) is 10.6. The van der Waals surface area contributed by atoms with Gasteiger partial charge in [-0.25, -0.2) is 0 Å². The monoisotopic (exact) mass is 440 g/mol. The first-order chi connectivity index (χ1) is 16.7. The molecule has 0 saturated heterocycles. The summed E-state index contributed by atoms with van der Waals surface area (Å²) < 4.78 is 0. The molecule has 4 heteroatoms. The predicted octanol–water partition coefficient (Wildman–Crippen LogP) is 5.59. The largest absolute Gasteiger partial charge is 0.322 e. The van der Waals surface area contributed by atoms with Gasteiger partial charge in [-0.3, -0.25) is 9.59 Å². The molecule has 0 fully saturated rings. The van der Waals surface area contributed by atoms with Crippen LogP contribution in [0.15, 0.2) is 109 Å². The minimum absolute atomic E-state index is 0.175. The maximum atomic E-state index is 12.3. The maximum absolute atomic E-state index is 12.3. The molecule has 34 heavy (non-hydrogen) atoms. The highest BCUT2D eigenvalue weighted by molar-refractivity contribution is 6.04. The van der Waals surface area contributed by atoms with Gasteiger partial charge < -0.3 is 10.6 Å². The highest BCUT2D eigenvalue weighted by atomic mass is 16.2. The summed E-state index contributed by atoms with van der Waals surface area (Å²) >= 11 is 0. The number of hydrogen-bond donors (Lipinski definition) is 2. The second-order valence-electron chi connectivity index (χ2n) is 7.29. The summed E-state index contributed by atoms with van der Waals surface area (Å²) in [7, 11) is 0. The number of benzene rings is 4. The first kappa shape index (κ1) is 22.1. The Morgan fingerprint density at radius 2 is 0.824 bits per heavy atom. The van der Waals surface area contributed by atoms with Crippen molar-refractivity contribution in [3.63, 3.8) is 0 Å². The Kier molecular flexibility index (Phi) is 7.16. The van der Waals surface area contributed by atoms with Crippen LogP contribution in [0.2, 0.25) is 0 Å². The van der Waals surface area contributed by atoms with Gasteiger partial charge in [0.1, 0.15) is 0 Å². The second-order valence-corrected chi connectivity index (χ2v) is 7.29. The number of rotatable bonds is 4. The van der Waals surface area contributed by atoms with Gasteiger partial charge in [0.05, 0.1) is 0 Å². The second kappa shape index (κ2) is 11.0. The molecule has 4 aromatic carbocycles. The highest BCUT2D eigenvalue weighted by Gasteiger charge is 2.06. The van der Waals surface area contributed by atoms with Gasteiger partial charge in [-0.05, 0) is 84.6 Å². The number of hydrogen-bond acceptors (Lipinski definition) is 2. The number of para-hydroxylation sites is 2. The minimum Gasteiger partial charge on any atom is -0.322 e.